The topological polar surface area (TPSA) is 96.5 Å². The molecule has 1 aromatic carbocycles. The third-order valence-corrected chi connectivity index (χ3v) is 5.64. The molecule has 0 saturated heterocycles. The zero-order valence-corrected chi connectivity index (χ0v) is 17.7. The van der Waals surface area contributed by atoms with Gasteiger partial charge in [0.1, 0.15) is 6.04 Å². The molecule has 1 aromatic rings. The third kappa shape index (κ3) is 7.07. The Bertz CT molecular complexity index is 693. The van der Waals surface area contributed by atoms with Gasteiger partial charge in [0.15, 0.2) is 6.61 Å². The summed E-state index contributed by atoms with van der Waals surface area (Å²) in [7, 11) is 0. The molecular formula is C22H33N3O4. The van der Waals surface area contributed by atoms with Crippen LogP contribution in [0.5, 0.6) is 0 Å². The van der Waals surface area contributed by atoms with Gasteiger partial charge in [-0.1, -0.05) is 58.7 Å². The lowest BCUT2D eigenvalue weighted by molar-refractivity contribution is -0.151. The van der Waals surface area contributed by atoms with Crippen LogP contribution in [0.1, 0.15) is 47.0 Å². The number of esters is 1. The molecule has 2 rings (SSSR count). The number of anilines is 1. The van der Waals surface area contributed by atoms with Gasteiger partial charge in [0.25, 0.3) is 5.91 Å². The standard InChI is InChI=1S/C22H33N3O4/c1-14(2)20(25-22(28)23-17-10-6-5-7-11-17)21(27)29-13-19(26)24-18-12-8-9-15(3)16(18)4/h5-7,10-11,14-16,18,20H,8-9,12-13H2,1-4H3,(H,24,26)(H2,23,25,28)/t15-,16+,18+,20+/m0/s1. The van der Waals surface area contributed by atoms with Crippen molar-refractivity contribution < 1.29 is 19.1 Å². The van der Waals surface area contributed by atoms with Crippen molar-refractivity contribution in [3.8, 4) is 0 Å². The maximum atomic E-state index is 12.4. The van der Waals surface area contributed by atoms with E-state index in [0.717, 1.165) is 12.8 Å². The molecule has 0 aliphatic heterocycles. The number of rotatable bonds is 7. The summed E-state index contributed by atoms with van der Waals surface area (Å²) >= 11 is 0. The van der Waals surface area contributed by atoms with Crippen LogP contribution in [0.4, 0.5) is 10.5 Å². The highest BCUT2D eigenvalue weighted by Crippen LogP contribution is 2.29. The molecule has 0 spiro atoms. The number of nitrogens with one attached hydrogen (secondary N) is 3. The van der Waals surface area contributed by atoms with Crippen LogP contribution >= 0.6 is 0 Å². The van der Waals surface area contributed by atoms with E-state index in [1.54, 1.807) is 38.1 Å². The zero-order chi connectivity index (χ0) is 21.4. The van der Waals surface area contributed by atoms with Crippen LogP contribution in [0.15, 0.2) is 30.3 Å². The van der Waals surface area contributed by atoms with Crippen LogP contribution in [0, 0.1) is 17.8 Å². The highest BCUT2D eigenvalue weighted by Gasteiger charge is 2.29. The van der Waals surface area contributed by atoms with Crippen molar-refractivity contribution in [2.45, 2.75) is 59.0 Å². The summed E-state index contributed by atoms with van der Waals surface area (Å²) < 4.78 is 5.19. The Labute approximate surface area is 173 Å². The van der Waals surface area contributed by atoms with Gasteiger partial charge in [0.2, 0.25) is 0 Å². The molecule has 0 radical (unpaired) electrons. The van der Waals surface area contributed by atoms with Gasteiger partial charge in [-0.3, -0.25) is 4.79 Å². The number of hydrogen-bond donors (Lipinski definition) is 3. The molecule has 0 heterocycles. The molecule has 0 bridgehead atoms. The first kappa shape index (κ1) is 22.7. The van der Waals surface area contributed by atoms with Crippen LogP contribution in [-0.2, 0) is 14.3 Å². The van der Waals surface area contributed by atoms with Gasteiger partial charge in [-0.25, -0.2) is 9.59 Å². The van der Waals surface area contributed by atoms with Gasteiger partial charge in [-0.2, -0.15) is 0 Å². The first-order chi connectivity index (χ1) is 13.8. The smallest absolute Gasteiger partial charge is 0.329 e. The highest BCUT2D eigenvalue weighted by atomic mass is 16.5. The number of benzene rings is 1. The summed E-state index contributed by atoms with van der Waals surface area (Å²) in [6.45, 7) is 7.61. The Kier molecular flexibility index (Phi) is 8.49. The van der Waals surface area contributed by atoms with Gasteiger partial charge >= 0.3 is 12.0 Å². The van der Waals surface area contributed by atoms with E-state index in [1.165, 1.54) is 6.42 Å². The zero-order valence-electron chi connectivity index (χ0n) is 17.7. The monoisotopic (exact) mass is 403 g/mol. The number of carbonyl (C=O) groups is 3. The minimum absolute atomic E-state index is 0.112. The largest absolute Gasteiger partial charge is 0.454 e. The fourth-order valence-electron chi connectivity index (χ4n) is 3.59. The van der Waals surface area contributed by atoms with Gasteiger partial charge in [-0.05, 0) is 36.3 Å². The first-order valence-corrected chi connectivity index (χ1v) is 10.4. The molecule has 7 heteroatoms. The quantitative estimate of drug-likeness (QED) is 0.609. The second-order valence-corrected chi connectivity index (χ2v) is 8.24. The molecule has 1 saturated carbocycles. The van der Waals surface area contributed by atoms with Crippen molar-refractivity contribution >= 4 is 23.6 Å². The first-order valence-electron chi connectivity index (χ1n) is 10.4. The second kappa shape index (κ2) is 10.8. The number of amides is 3. The molecule has 0 aromatic heterocycles. The van der Waals surface area contributed by atoms with E-state index in [1.807, 2.05) is 6.07 Å². The lowest BCUT2D eigenvalue weighted by Crippen LogP contribution is -2.48. The molecule has 7 nitrogen and oxygen atoms in total. The van der Waals surface area contributed by atoms with Crippen LogP contribution in [0.2, 0.25) is 0 Å². The summed E-state index contributed by atoms with van der Waals surface area (Å²) in [5.74, 6) is -0.153. The van der Waals surface area contributed by atoms with E-state index >= 15 is 0 Å². The maximum Gasteiger partial charge on any atom is 0.329 e. The van der Waals surface area contributed by atoms with Crippen molar-refractivity contribution in [1.82, 2.24) is 10.6 Å². The molecular weight excluding hydrogens is 370 g/mol. The normalized spacial score (nSPS) is 22.4. The maximum absolute atomic E-state index is 12.4. The van der Waals surface area contributed by atoms with Crippen molar-refractivity contribution in [2.75, 3.05) is 11.9 Å². The summed E-state index contributed by atoms with van der Waals surface area (Å²) in [6, 6.07) is 7.71. The predicted molar refractivity (Wildman–Crippen MR) is 112 cm³/mol. The molecule has 3 N–H and O–H groups in total. The Morgan fingerprint density at radius 1 is 1.10 bits per heavy atom. The third-order valence-electron chi connectivity index (χ3n) is 5.64. The average Bonchev–Trinajstić information content (AvgIpc) is 2.68. The SMILES string of the molecule is CC(C)[C@@H](NC(=O)Nc1ccccc1)C(=O)OCC(=O)N[C@@H]1CCC[C@H](C)[C@H]1C. The Morgan fingerprint density at radius 3 is 2.45 bits per heavy atom. The van der Waals surface area contributed by atoms with Crippen LogP contribution in [-0.4, -0.2) is 36.6 Å². The van der Waals surface area contributed by atoms with Crippen molar-refractivity contribution in [3.63, 3.8) is 0 Å². The van der Waals surface area contributed by atoms with E-state index in [2.05, 4.69) is 29.8 Å². The fraction of sp³-hybridized carbons (Fsp3) is 0.591. The molecule has 1 aliphatic carbocycles. The summed E-state index contributed by atoms with van der Waals surface area (Å²) in [4.78, 5) is 36.9. The van der Waals surface area contributed by atoms with E-state index in [9.17, 15) is 14.4 Å². The number of urea groups is 1. The van der Waals surface area contributed by atoms with E-state index in [0.29, 0.717) is 17.5 Å². The van der Waals surface area contributed by atoms with Gasteiger partial charge in [-0.15, -0.1) is 0 Å². The van der Waals surface area contributed by atoms with Gasteiger partial charge < -0.3 is 20.7 Å². The molecule has 1 fully saturated rings. The number of ether oxygens (including phenoxy) is 1. The number of hydrogen-bond acceptors (Lipinski definition) is 4. The van der Waals surface area contributed by atoms with Crippen molar-refractivity contribution in [3.05, 3.63) is 30.3 Å². The Balaban J connectivity index is 1.82. The van der Waals surface area contributed by atoms with E-state index in [4.69, 9.17) is 4.74 Å². The molecule has 3 amide bonds. The second-order valence-electron chi connectivity index (χ2n) is 8.24. The molecule has 0 unspecified atom stereocenters. The molecule has 1 aliphatic rings. The Hall–Kier alpha value is -2.57. The van der Waals surface area contributed by atoms with E-state index in [-0.39, 0.29) is 24.5 Å². The lowest BCUT2D eigenvalue weighted by Gasteiger charge is -2.34. The lowest BCUT2D eigenvalue weighted by atomic mass is 9.78. The Morgan fingerprint density at radius 2 is 1.79 bits per heavy atom. The molecule has 29 heavy (non-hydrogen) atoms. The highest BCUT2D eigenvalue weighted by molar-refractivity contribution is 5.93. The average molecular weight is 404 g/mol. The molecule has 160 valence electrons. The van der Waals surface area contributed by atoms with Crippen molar-refractivity contribution in [2.24, 2.45) is 17.8 Å². The van der Waals surface area contributed by atoms with E-state index < -0.39 is 18.0 Å². The summed E-state index contributed by atoms with van der Waals surface area (Å²) in [5.41, 5.74) is 0.621. The van der Waals surface area contributed by atoms with Crippen LogP contribution < -0.4 is 16.0 Å². The van der Waals surface area contributed by atoms with Gasteiger partial charge in [0, 0.05) is 11.7 Å². The fourth-order valence-corrected chi connectivity index (χ4v) is 3.59. The molecule has 4 atom stereocenters. The predicted octanol–water partition coefficient (Wildman–Crippen LogP) is 3.32. The van der Waals surface area contributed by atoms with Crippen LogP contribution in [0.25, 0.3) is 0 Å². The minimum atomic E-state index is -0.847. The summed E-state index contributed by atoms with van der Waals surface area (Å²) in [6.07, 6.45) is 3.21. The number of para-hydroxylation sites is 1. The summed E-state index contributed by atoms with van der Waals surface area (Å²) in [5, 5.41) is 8.28. The minimum Gasteiger partial charge on any atom is -0.454 e. The van der Waals surface area contributed by atoms with Gasteiger partial charge in [0.05, 0.1) is 0 Å². The number of carbonyl (C=O) groups excluding carboxylic acids is 3. The van der Waals surface area contributed by atoms with Crippen LogP contribution in [0.3, 0.4) is 0 Å². The van der Waals surface area contributed by atoms with Crippen molar-refractivity contribution in [1.29, 1.82) is 0 Å².